The number of benzene rings is 1. The molecule has 2 N–H and O–H groups in total. The third-order valence-corrected chi connectivity index (χ3v) is 3.79. The van der Waals surface area contributed by atoms with Crippen LogP contribution < -0.4 is 10.6 Å². The zero-order valence-electron chi connectivity index (χ0n) is 13.0. The molecule has 0 aliphatic heterocycles. The number of anilines is 1. The molecule has 0 radical (unpaired) electrons. The van der Waals surface area contributed by atoms with Crippen LogP contribution >= 0.6 is 11.6 Å². The van der Waals surface area contributed by atoms with Gasteiger partial charge < -0.3 is 10.6 Å². The van der Waals surface area contributed by atoms with Gasteiger partial charge >= 0.3 is 6.03 Å². The number of urea groups is 1. The van der Waals surface area contributed by atoms with Crippen molar-refractivity contribution in [2.45, 2.75) is 6.54 Å². The molecule has 0 fully saturated rings. The van der Waals surface area contributed by atoms with Crippen molar-refractivity contribution in [3.8, 4) is 11.3 Å². The van der Waals surface area contributed by atoms with Gasteiger partial charge in [0.25, 0.3) is 0 Å². The van der Waals surface area contributed by atoms with Gasteiger partial charge in [-0.1, -0.05) is 23.7 Å². The van der Waals surface area contributed by atoms with Crippen molar-refractivity contribution in [3.05, 3.63) is 65.6 Å². The number of carbonyl (C=O) groups excluding carboxylic acids is 1. The van der Waals surface area contributed by atoms with E-state index in [-0.39, 0.29) is 6.03 Å². The van der Waals surface area contributed by atoms with Crippen molar-refractivity contribution in [1.82, 2.24) is 20.1 Å². The maximum absolute atomic E-state index is 12.0. The first kappa shape index (κ1) is 16.0. The SMILES string of the molecule is Cn1nc(CNC(=O)Nc2ccccc2Cl)cc1-c1ccncc1. The minimum atomic E-state index is -0.334. The topological polar surface area (TPSA) is 71.8 Å². The molecule has 7 heteroatoms. The molecule has 3 aromatic rings. The molecule has 2 heterocycles. The summed E-state index contributed by atoms with van der Waals surface area (Å²) in [4.78, 5) is 16.0. The van der Waals surface area contributed by atoms with Gasteiger partial charge in [-0.25, -0.2) is 4.79 Å². The maximum atomic E-state index is 12.0. The van der Waals surface area contributed by atoms with E-state index in [9.17, 15) is 4.79 Å². The second kappa shape index (κ2) is 7.14. The van der Waals surface area contributed by atoms with Gasteiger partial charge in [0.15, 0.2) is 0 Å². The number of aromatic nitrogens is 3. The molecule has 0 atom stereocenters. The average Bonchev–Trinajstić information content (AvgIpc) is 2.97. The highest BCUT2D eigenvalue weighted by molar-refractivity contribution is 6.33. The van der Waals surface area contributed by atoms with E-state index in [2.05, 4.69) is 20.7 Å². The molecule has 24 heavy (non-hydrogen) atoms. The van der Waals surface area contributed by atoms with Crippen LogP contribution in [0.25, 0.3) is 11.3 Å². The van der Waals surface area contributed by atoms with E-state index in [4.69, 9.17) is 11.6 Å². The number of pyridine rings is 1. The molecule has 2 aromatic heterocycles. The number of hydrogen-bond donors (Lipinski definition) is 2. The first-order chi connectivity index (χ1) is 11.6. The number of hydrogen-bond acceptors (Lipinski definition) is 3. The Labute approximate surface area is 144 Å². The van der Waals surface area contributed by atoms with Gasteiger partial charge in [-0.2, -0.15) is 5.10 Å². The van der Waals surface area contributed by atoms with E-state index in [1.54, 1.807) is 41.3 Å². The summed E-state index contributed by atoms with van der Waals surface area (Å²) in [7, 11) is 1.86. The van der Waals surface area contributed by atoms with Crippen molar-refractivity contribution >= 4 is 23.3 Å². The fourth-order valence-electron chi connectivity index (χ4n) is 2.31. The Balaban J connectivity index is 1.63. The molecular formula is C17H16ClN5O. The van der Waals surface area contributed by atoms with Crippen molar-refractivity contribution in [3.63, 3.8) is 0 Å². The van der Waals surface area contributed by atoms with Crippen LogP contribution in [0.3, 0.4) is 0 Å². The number of aryl methyl sites for hydroxylation is 1. The van der Waals surface area contributed by atoms with Crippen LogP contribution in [0.5, 0.6) is 0 Å². The Morgan fingerprint density at radius 2 is 1.96 bits per heavy atom. The van der Waals surface area contributed by atoms with Gasteiger partial charge in [0, 0.05) is 25.0 Å². The molecule has 1 aromatic carbocycles. The number of nitrogens with zero attached hydrogens (tertiary/aromatic N) is 3. The highest BCUT2D eigenvalue weighted by Crippen LogP contribution is 2.20. The van der Waals surface area contributed by atoms with Crippen LogP contribution in [-0.4, -0.2) is 20.8 Å². The van der Waals surface area contributed by atoms with Gasteiger partial charge in [0.1, 0.15) is 0 Å². The zero-order valence-corrected chi connectivity index (χ0v) is 13.8. The van der Waals surface area contributed by atoms with Crippen LogP contribution in [0.4, 0.5) is 10.5 Å². The Hall–Kier alpha value is -2.86. The number of nitrogens with one attached hydrogen (secondary N) is 2. The third kappa shape index (κ3) is 3.72. The van der Waals surface area contributed by atoms with Crippen LogP contribution in [0.15, 0.2) is 54.9 Å². The first-order valence-electron chi connectivity index (χ1n) is 7.36. The predicted molar refractivity (Wildman–Crippen MR) is 93.7 cm³/mol. The van der Waals surface area contributed by atoms with E-state index >= 15 is 0 Å². The fourth-order valence-corrected chi connectivity index (χ4v) is 2.49. The van der Waals surface area contributed by atoms with E-state index < -0.39 is 0 Å². The van der Waals surface area contributed by atoms with Crippen LogP contribution in [0.2, 0.25) is 5.02 Å². The summed E-state index contributed by atoms with van der Waals surface area (Å²) in [6.45, 7) is 0.315. The van der Waals surface area contributed by atoms with Crippen LogP contribution in [0, 0.1) is 0 Å². The largest absolute Gasteiger partial charge is 0.332 e. The number of rotatable bonds is 4. The Kier molecular flexibility index (Phi) is 4.77. The van der Waals surface area contributed by atoms with E-state index in [1.807, 2.05) is 25.2 Å². The lowest BCUT2D eigenvalue weighted by molar-refractivity contribution is 0.251. The predicted octanol–water partition coefficient (Wildman–Crippen LogP) is 3.46. The summed E-state index contributed by atoms with van der Waals surface area (Å²) >= 11 is 6.01. The molecular weight excluding hydrogens is 326 g/mol. The van der Waals surface area contributed by atoms with Crippen LogP contribution in [-0.2, 0) is 13.6 Å². The normalized spacial score (nSPS) is 10.4. The van der Waals surface area contributed by atoms with Crippen molar-refractivity contribution in [2.24, 2.45) is 7.05 Å². The lowest BCUT2D eigenvalue weighted by Gasteiger charge is -2.07. The molecule has 0 bridgehead atoms. The summed E-state index contributed by atoms with van der Waals surface area (Å²) in [5.74, 6) is 0. The van der Waals surface area contributed by atoms with E-state index in [0.29, 0.717) is 17.3 Å². The van der Waals surface area contributed by atoms with E-state index in [1.165, 1.54) is 0 Å². The monoisotopic (exact) mass is 341 g/mol. The molecule has 6 nitrogen and oxygen atoms in total. The summed E-state index contributed by atoms with van der Waals surface area (Å²) in [6.07, 6.45) is 3.47. The Bertz CT molecular complexity index is 847. The van der Waals surface area contributed by atoms with Gasteiger partial charge in [0.2, 0.25) is 0 Å². The molecule has 122 valence electrons. The van der Waals surface area contributed by atoms with Gasteiger partial charge in [-0.15, -0.1) is 0 Å². The second-order valence-corrected chi connectivity index (χ2v) is 5.58. The van der Waals surface area contributed by atoms with Gasteiger partial charge in [-0.3, -0.25) is 9.67 Å². The minimum absolute atomic E-state index is 0.315. The third-order valence-electron chi connectivity index (χ3n) is 3.46. The highest BCUT2D eigenvalue weighted by Gasteiger charge is 2.09. The van der Waals surface area contributed by atoms with Gasteiger partial charge in [0.05, 0.1) is 28.6 Å². The quantitative estimate of drug-likeness (QED) is 0.763. The number of para-hydroxylation sites is 1. The molecule has 0 spiro atoms. The number of amides is 2. The second-order valence-electron chi connectivity index (χ2n) is 5.17. The average molecular weight is 342 g/mol. The van der Waals surface area contributed by atoms with Crippen molar-refractivity contribution < 1.29 is 4.79 Å². The Morgan fingerprint density at radius 3 is 2.71 bits per heavy atom. The molecule has 0 unspecified atom stereocenters. The van der Waals surface area contributed by atoms with Crippen molar-refractivity contribution in [1.29, 1.82) is 0 Å². The lowest BCUT2D eigenvalue weighted by atomic mass is 10.2. The summed E-state index contributed by atoms with van der Waals surface area (Å²) in [6, 6.07) is 12.5. The molecule has 0 saturated heterocycles. The highest BCUT2D eigenvalue weighted by atomic mass is 35.5. The smallest absolute Gasteiger partial charge is 0.319 e. The van der Waals surface area contributed by atoms with E-state index in [0.717, 1.165) is 17.0 Å². The van der Waals surface area contributed by atoms with Gasteiger partial charge in [-0.05, 0) is 30.3 Å². The number of halogens is 1. The molecule has 2 amide bonds. The molecule has 0 aliphatic rings. The number of carbonyl (C=O) groups is 1. The molecule has 0 saturated carbocycles. The lowest BCUT2D eigenvalue weighted by Crippen LogP contribution is -2.28. The molecule has 0 aliphatic carbocycles. The van der Waals surface area contributed by atoms with Crippen LogP contribution in [0.1, 0.15) is 5.69 Å². The summed E-state index contributed by atoms with van der Waals surface area (Å²) < 4.78 is 1.78. The first-order valence-corrected chi connectivity index (χ1v) is 7.74. The Morgan fingerprint density at radius 1 is 1.21 bits per heavy atom. The molecule has 3 rings (SSSR count). The zero-order chi connectivity index (χ0) is 16.9. The maximum Gasteiger partial charge on any atom is 0.319 e. The summed E-state index contributed by atoms with van der Waals surface area (Å²) in [5.41, 5.74) is 3.31. The minimum Gasteiger partial charge on any atom is -0.332 e. The van der Waals surface area contributed by atoms with Crippen molar-refractivity contribution in [2.75, 3.05) is 5.32 Å². The fraction of sp³-hybridized carbons (Fsp3) is 0.118. The summed E-state index contributed by atoms with van der Waals surface area (Å²) in [5, 5.41) is 10.4. The standard InChI is InChI=1S/C17H16ClN5O/c1-23-16(12-6-8-19-9-7-12)10-13(22-23)11-20-17(24)21-15-5-3-2-4-14(15)18/h2-10H,11H2,1H3,(H2,20,21,24).